The topological polar surface area (TPSA) is 43.4 Å². The van der Waals surface area contributed by atoms with Gasteiger partial charge >= 0.3 is 0 Å². The zero-order valence-corrected chi connectivity index (χ0v) is 12.1. The van der Waals surface area contributed by atoms with Gasteiger partial charge in [-0.05, 0) is 26.0 Å². The van der Waals surface area contributed by atoms with Gasteiger partial charge in [-0.15, -0.1) is 0 Å². The van der Waals surface area contributed by atoms with Crippen molar-refractivity contribution in [2.45, 2.75) is 20.4 Å². The largest absolute Gasteiger partial charge is 0.497 e. The number of nitrogens with zero attached hydrogens (tertiary/aromatic N) is 1. The number of ether oxygens (including phenoxy) is 2. The van der Waals surface area contributed by atoms with Gasteiger partial charge in [-0.1, -0.05) is 6.07 Å². The van der Waals surface area contributed by atoms with E-state index in [2.05, 4.69) is 10.3 Å². The monoisotopic (exact) mass is 272 g/mol. The fourth-order valence-electron chi connectivity index (χ4n) is 1.97. The molecule has 0 unspecified atom stereocenters. The second kappa shape index (κ2) is 6.80. The Kier molecular flexibility index (Phi) is 4.82. The van der Waals surface area contributed by atoms with Gasteiger partial charge in [0.2, 0.25) is 0 Å². The lowest BCUT2D eigenvalue weighted by Crippen LogP contribution is -2.03. The van der Waals surface area contributed by atoms with E-state index in [1.807, 2.05) is 50.2 Å². The molecule has 20 heavy (non-hydrogen) atoms. The molecule has 0 aliphatic heterocycles. The van der Waals surface area contributed by atoms with Crippen molar-refractivity contribution in [2.24, 2.45) is 0 Å². The maximum atomic E-state index is 5.48. The third kappa shape index (κ3) is 3.88. The highest BCUT2D eigenvalue weighted by atomic mass is 16.5. The SMILES string of the molecule is CCOc1cccc(NCc2cc(OC)cc(C)n2)c1. The number of nitrogens with one attached hydrogen (secondary N) is 1. The van der Waals surface area contributed by atoms with E-state index in [0.717, 1.165) is 28.6 Å². The van der Waals surface area contributed by atoms with Crippen LogP contribution in [0, 0.1) is 6.92 Å². The molecule has 1 aromatic heterocycles. The average molecular weight is 272 g/mol. The second-order valence-electron chi connectivity index (χ2n) is 4.45. The van der Waals surface area contributed by atoms with Crippen molar-refractivity contribution in [3.63, 3.8) is 0 Å². The van der Waals surface area contributed by atoms with Crippen molar-refractivity contribution in [1.29, 1.82) is 0 Å². The number of hydrogen-bond donors (Lipinski definition) is 1. The number of pyridine rings is 1. The van der Waals surface area contributed by atoms with Gasteiger partial charge in [-0.2, -0.15) is 0 Å². The maximum Gasteiger partial charge on any atom is 0.122 e. The lowest BCUT2D eigenvalue weighted by Gasteiger charge is -2.10. The van der Waals surface area contributed by atoms with E-state index in [1.165, 1.54) is 0 Å². The molecule has 4 heteroatoms. The van der Waals surface area contributed by atoms with Gasteiger partial charge in [0.25, 0.3) is 0 Å². The maximum absolute atomic E-state index is 5.48. The Hall–Kier alpha value is -2.23. The molecule has 0 saturated carbocycles. The Morgan fingerprint density at radius 1 is 1.15 bits per heavy atom. The predicted molar refractivity (Wildman–Crippen MR) is 80.5 cm³/mol. The van der Waals surface area contributed by atoms with Crippen LogP contribution in [0.15, 0.2) is 36.4 Å². The van der Waals surface area contributed by atoms with Crippen molar-refractivity contribution in [1.82, 2.24) is 4.98 Å². The van der Waals surface area contributed by atoms with Crippen LogP contribution >= 0.6 is 0 Å². The molecule has 1 aromatic carbocycles. The third-order valence-electron chi connectivity index (χ3n) is 2.83. The van der Waals surface area contributed by atoms with E-state index in [1.54, 1.807) is 7.11 Å². The molecule has 106 valence electrons. The first-order valence-electron chi connectivity index (χ1n) is 6.69. The molecule has 2 rings (SSSR count). The second-order valence-corrected chi connectivity index (χ2v) is 4.45. The molecule has 2 aromatic rings. The Balaban J connectivity index is 2.04. The first-order valence-corrected chi connectivity index (χ1v) is 6.69. The summed E-state index contributed by atoms with van der Waals surface area (Å²) in [5.74, 6) is 1.70. The van der Waals surface area contributed by atoms with Gasteiger partial charge in [0.05, 0.1) is 26.0 Å². The highest BCUT2D eigenvalue weighted by molar-refractivity contribution is 5.48. The summed E-state index contributed by atoms with van der Waals surface area (Å²) in [6.45, 7) is 5.25. The van der Waals surface area contributed by atoms with E-state index in [4.69, 9.17) is 9.47 Å². The zero-order chi connectivity index (χ0) is 14.4. The minimum atomic E-state index is 0.646. The van der Waals surface area contributed by atoms with E-state index in [0.29, 0.717) is 13.2 Å². The zero-order valence-electron chi connectivity index (χ0n) is 12.1. The number of aryl methyl sites for hydroxylation is 1. The average Bonchev–Trinajstić information content (AvgIpc) is 2.45. The van der Waals surface area contributed by atoms with Crippen LogP contribution in [0.4, 0.5) is 5.69 Å². The summed E-state index contributed by atoms with van der Waals surface area (Å²) in [7, 11) is 1.66. The van der Waals surface area contributed by atoms with E-state index in [9.17, 15) is 0 Å². The van der Waals surface area contributed by atoms with Crippen LogP contribution in [0.5, 0.6) is 11.5 Å². The van der Waals surface area contributed by atoms with Gasteiger partial charge in [0.15, 0.2) is 0 Å². The van der Waals surface area contributed by atoms with Crippen LogP contribution in [-0.2, 0) is 6.54 Å². The molecule has 0 aliphatic carbocycles. The molecule has 1 N–H and O–H groups in total. The quantitative estimate of drug-likeness (QED) is 0.875. The number of rotatable bonds is 6. The van der Waals surface area contributed by atoms with Crippen molar-refractivity contribution in [3.8, 4) is 11.5 Å². The number of methoxy groups -OCH3 is 1. The Labute approximate surface area is 119 Å². The van der Waals surface area contributed by atoms with Gasteiger partial charge in [0, 0.05) is 29.6 Å². The van der Waals surface area contributed by atoms with Crippen LogP contribution in [-0.4, -0.2) is 18.7 Å². The Morgan fingerprint density at radius 3 is 2.75 bits per heavy atom. The minimum Gasteiger partial charge on any atom is -0.497 e. The Morgan fingerprint density at radius 2 is 2.00 bits per heavy atom. The number of hydrogen-bond acceptors (Lipinski definition) is 4. The number of aromatic nitrogens is 1. The minimum absolute atomic E-state index is 0.646. The first-order chi connectivity index (χ1) is 9.71. The standard InChI is InChI=1S/C16H20N2O2/c1-4-20-15-7-5-6-13(9-15)17-11-14-10-16(19-3)8-12(2)18-14/h5-10,17H,4,11H2,1-3H3. The smallest absolute Gasteiger partial charge is 0.122 e. The van der Waals surface area contributed by atoms with E-state index >= 15 is 0 Å². The van der Waals surface area contributed by atoms with Gasteiger partial charge in [0.1, 0.15) is 11.5 Å². The molecular formula is C16H20N2O2. The van der Waals surface area contributed by atoms with Crippen molar-refractivity contribution in [3.05, 3.63) is 47.8 Å². The third-order valence-corrected chi connectivity index (χ3v) is 2.83. The highest BCUT2D eigenvalue weighted by Gasteiger charge is 2.01. The predicted octanol–water partition coefficient (Wildman–Crippen LogP) is 3.41. The van der Waals surface area contributed by atoms with Crippen LogP contribution < -0.4 is 14.8 Å². The fourth-order valence-corrected chi connectivity index (χ4v) is 1.97. The molecule has 0 radical (unpaired) electrons. The van der Waals surface area contributed by atoms with Gasteiger partial charge in [-0.3, -0.25) is 4.98 Å². The van der Waals surface area contributed by atoms with E-state index < -0.39 is 0 Å². The molecule has 0 aliphatic rings. The first kappa shape index (κ1) is 14.2. The summed E-state index contributed by atoms with van der Waals surface area (Å²) >= 11 is 0. The summed E-state index contributed by atoms with van der Waals surface area (Å²) in [4.78, 5) is 4.48. The molecule has 0 atom stereocenters. The van der Waals surface area contributed by atoms with Crippen molar-refractivity contribution >= 4 is 5.69 Å². The van der Waals surface area contributed by atoms with Gasteiger partial charge < -0.3 is 14.8 Å². The van der Waals surface area contributed by atoms with Crippen LogP contribution in [0.1, 0.15) is 18.3 Å². The number of anilines is 1. The molecule has 0 bridgehead atoms. The molecule has 0 spiro atoms. The summed E-state index contributed by atoms with van der Waals surface area (Å²) in [6.07, 6.45) is 0. The summed E-state index contributed by atoms with van der Waals surface area (Å²) < 4.78 is 10.7. The molecule has 0 amide bonds. The summed E-state index contributed by atoms with van der Waals surface area (Å²) in [5, 5.41) is 3.34. The molecular weight excluding hydrogens is 252 g/mol. The lowest BCUT2D eigenvalue weighted by atomic mass is 10.2. The Bertz CT molecular complexity index is 570. The molecule has 0 saturated heterocycles. The van der Waals surface area contributed by atoms with E-state index in [-0.39, 0.29) is 0 Å². The van der Waals surface area contributed by atoms with Crippen LogP contribution in [0.2, 0.25) is 0 Å². The van der Waals surface area contributed by atoms with Gasteiger partial charge in [-0.25, -0.2) is 0 Å². The summed E-state index contributed by atoms with van der Waals surface area (Å²) in [6, 6.07) is 11.8. The van der Waals surface area contributed by atoms with Crippen LogP contribution in [0.3, 0.4) is 0 Å². The molecule has 1 heterocycles. The normalized spacial score (nSPS) is 10.2. The lowest BCUT2D eigenvalue weighted by molar-refractivity contribution is 0.340. The van der Waals surface area contributed by atoms with Crippen molar-refractivity contribution in [2.75, 3.05) is 19.0 Å². The fraction of sp³-hybridized carbons (Fsp3) is 0.312. The molecule has 0 fully saturated rings. The number of benzene rings is 1. The molecule has 4 nitrogen and oxygen atoms in total. The summed E-state index contributed by atoms with van der Waals surface area (Å²) in [5.41, 5.74) is 2.91. The van der Waals surface area contributed by atoms with Crippen LogP contribution in [0.25, 0.3) is 0 Å². The highest BCUT2D eigenvalue weighted by Crippen LogP contribution is 2.19. The van der Waals surface area contributed by atoms with Crippen molar-refractivity contribution < 1.29 is 9.47 Å².